The summed E-state index contributed by atoms with van der Waals surface area (Å²) in [5.41, 5.74) is 0.559. The van der Waals surface area contributed by atoms with Crippen molar-refractivity contribution in [1.29, 1.82) is 0 Å². The van der Waals surface area contributed by atoms with E-state index in [1.54, 1.807) is 69.3 Å². The smallest absolute Gasteiger partial charge is 0.392 e. The van der Waals surface area contributed by atoms with E-state index in [1.165, 1.54) is 6.07 Å². The number of benzene rings is 3. The van der Waals surface area contributed by atoms with Crippen molar-refractivity contribution in [3.8, 4) is 0 Å². The summed E-state index contributed by atoms with van der Waals surface area (Å²) < 4.78 is 47.4. The molecule has 1 fully saturated rings. The number of carbonyl (C=O) groups excluding carboxylic acids is 2. The van der Waals surface area contributed by atoms with Gasteiger partial charge in [0.15, 0.2) is 0 Å². The summed E-state index contributed by atoms with van der Waals surface area (Å²) in [6.07, 6.45) is -2.56. The molecule has 0 heterocycles. The zero-order valence-electron chi connectivity index (χ0n) is 22.7. The number of hydrogen-bond acceptors (Lipinski definition) is 3. The number of rotatable bonds is 8. The van der Waals surface area contributed by atoms with Gasteiger partial charge >= 0.3 is 12.1 Å². The third-order valence-electron chi connectivity index (χ3n) is 7.18. The van der Waals surface area contributed by atoms with Crippen LogP contribution in [0.2, 0.25) is 10.0 Å². The summed E-state index contributed by atoms with van der Waals surface area (Å²) in [5.74, 6) is -4.56. The molecule has 3 unspecified atom stereocenters. The van der Waals surface area contributed by atoms with Crippen molar-refractivity contribution in [2.45, 2.75) is 70.6 Å². The van der Waals surface area contributed by atoms with Gasteiger partial charge in [-0.25, -0.2) is 0 Å². The first-order valence-corrected chi connectivity index (χ1v) is 14.0. The van der Waals surface area contributed by atoms with Crippen molar-refractivity contribution in [3.05, 3.63) is 75.8 Å². The van der Waals surface area contributed by atoms with Gasteiger partial charge in [0.25, 0.3) is 0 Å². The zero-order chi connectivity index (χ0) is 29.4. The monoisotopic (exact) mass is 593 g/mol. The van der Waals surface area contributed by atoms with Gasteiger partial charge in [0, 0.05) is 10.4 Å². The third kappa shape index (κ3) is 7.29. The van der Waals surface area contributed by atoms with Crippen LogP contribution in [0.1, 0.15) is 69.9 Å². The Morgan fingerprint density at radius 2 is 1.65 bits per heavy atom. The van der Waals surface area contributed by atoms with Crippen LogP contribution in [0.25, 0.3) is 10.8 Å². The maximum absolute atomic E-state index is 14.0. The van der Waals surface area contributed by atoms with E-state index in [2.05, 4.69) is 5.32 Å². The summed E-state index contributed by atoms with van der Waals surface area (Å²) in [4.78, 5) is 26.1. The Hall–Kier alpha value is -2.77. The summed E-state index contributed by atoms with van der Waals surface area (Å²) in [6.45, 7) is 6.40. The van der Waals surface area contributed by atoms with Gasteiger partial charge in [-0.15, -0.1) is 0 Å². The highest BCUT2D eigenvalue weighted by atomic mass is 35.5. The lowest BCUT2D eigenvalue weighted by Gasteiger charge is -2.27. The first-order valence-electron chi connectivity index (χ1n) is 13.2. The number of alkyl halides is 3. The number of nitrogens with one attached hydrogen (secondary N) is 1. The van der Waals surface area contributed by atoms with Gasteiger partial charge in [0.05, 0.1) is 29.0 Å². The average Bonchev–Trinajstić information content (AvgIpc) is 3.68. The quantitative estimate of drug-likeness (QED) is 0.265. The Bertz CT molecular complexity index is 1410. The average molecular weight is 595 g/mol. The van der Waals surface area contributed by atoms with E-state index in [0.29, 0.717) is 15.8 Å². The number of amides is 1. The lowest BCUT2D eigenvalue weighted by molar-refractivity contribution is -0.178. The second-order valence-electron chi connectivity index (χ2n) is 11.5. The number of fused-ring (bicyclic) bond motifs is 1. The van der Waals surface area contributed by atoms with E-state index in [0.717, 1.165) is 25.3 Å². The van der Waals surface area contributed by atoms with E-state index in [1.807, 2.05) is 0 Å². The second kappa shape index (κ2) is 11.6. The lowest BCUT2D eigenvalue weighted by Crippen LogP contribution is -2.34. The summed E-state index contributed by atoms with van der Waals surface area (Å²) in [7, 11) is 0. The van der Waals surface area contributed by atoms with Gasteiger partial charge in [0.1, 0.15) is 5.60 Å². The van der Waals surface area contributed by atoms with Crippen molar-refractivity contribution in [2.75, 3.05) is 5.32 Å². The highest BCUT2D eigenvalue weighted by Gasteiger charge is 2.45. The first-order chi connectivity index (χ1) is 18.6. The summed E-state index contributed by atoms with van der Waals surface area (Å²) in [5, 5.41) is 4.62. The van der Waals surface area contributed by atoms with Crippen LogP contribution in [0, 0.1) is 11.8 Å². The lowest BCUT2D eigenvalue weighted by atomic mass is 9.84. The maximum Gasteiger partial charge on any atom is 0.392 e. The molecule has 1 N–H and O–H groups in total. The molecule has 0 spiro atoms. The Morgan fingerprint density at radius 3 is 2.27 bits per heavy atom. The van der Waals surface area contributed by atoms with Crippen LogP contribution in [0.15, 0.2) is 54.6 Å². The van der Waals surface area contributed by atoms with Crippen molar-refractivity contribution in [1.82, 2.24) is 0 Å². The molecule has 3 atom stereocenters. The molecule has 0 saturated heterocycles. The molecular formula is C31H32Cl2F3NO3. The molecule has 1 aliphatic carbocycles. The molecule has 4 rings (SSSR count). The molecular weight excluding hydrogens is 562 g/mol. The van der Waals surface area contributed by atoms with Gasteiger partial charge in [-0.2, -0.15) is 13.2 Å². The molecule has 3 aromatic carbocycles. The SMILES string of the molecule is CC(C(C(=O)Nc1cc(C(CC(=O)OC(C)(C)C)C2CC2)ccc1Cl)c1ccc2c(Cl)cccc2c1)C(F)(F)F. The van der Waals surface area contributed by atoms with Gasteiger partial charge in [0.2, 0.25) is 5.91 Å². The molecule has 40 heavy (non-hydrogen) atoms. The van der Waals surface area contributed by atoms with Crippen LogP contribution in [-0.2, 0) is 14.3 Å². The van der Waals surface area contributed by atoms with Gasteiger partial charge in [-0.3, -0.25) is 9.59 Å². The molecule has 1 saturated carbocycles. The highest BCUT2D eigenvalue weighted by Crippen LogP contribution is 2.46. The number of anilines is 1. The minimum Gasteiger partial charge on any atom is -0.460 e. The van der Waals surface area contributed by atoms with E-state index < -0.39 is 29.5 Å². The number of esters is 1. The molecule has 214 valence electrons. The molecule has 0 radical (unpaired) electrons. The second-order valence-corrected chi connectivity index (χ2v) is 12.3. The minimum absolute atomic E-state index is 0.155. The Labute approximate surface area is 242 Å². The number of halogens is 5. The van der Waals surface area contributed by atoms with Crippen LogP contribution in [-0.4, -0.2) is 23.7 Å². The summed E-state index contributed by atoms with van der Waals surface area (Å²) >= 11 is 12.6. The molecule has 1 amide bonds. The Kier molecular flexibility index (Phi) is 8.77. The van der Waals surface area contributed by atoms with Crippen LogP contribution < -0.4 is 5.32 Å². The van der Waals surface area contributed by atoms with Crippen LogP contribution >= 0.6 is 23.2 Å². The fraction of sp³-hybridized carbons (Fsp3) is 0.419. The van der Waals surface area contributed by atoms with E-state index >= 15 is 0 Å². The van der Waals surface area contributed by atoms with Crippen molar-refractivity contribution in [2.24, 2.45) is 11.8 Å². The number of hydrogen-bond donors (Lipinski definition) is 1. The van der Waals surface area contributed by atoms with Crippen LogP contribution in [0.5, 0.6) is 0 Å². The Morgan fingerprint density at radius 1 is 0.975 bits per heavy atom. The van der Waals surface area contributed by atoms with Crippen molar-refractivity contribution in [3.63, 3.8) is 0 Å². The van der Waals surface area contributed by atoms with Crippen molar-refractivity contribution < 1.29 is 27.5 Å². The molecule has 4 nitrogen and oxygen atoms in total. The molecule has 9 heteroatoms. The zero-order valence-corrected chi connectivity index (χ0v) is 24.3. The molecule has 0 aromatic heterocycles. The standard InChI is InChI=1S/C31H32Cl2F3NO3/c1-17(31(34,35)36)28(21-10-12-22-19(14-21)6-5-7-24(22)32)29(39)37-26-15-20(11-13-25(26)33)23(18-8-9-18)16-27(38)40-30(2,3)4/h5-7,10-15,17-18,23,28H,8-9,16H2,1-4H3,(H,37,39). The molecule has 0 bridgehead atoms. The van der Waals surface area contributed by atoms with E-state index in [-0.39, 0.29) is 40.5 Å². The van der Waals surface area contributed by atoms with Gasteiger partial charge < -0.3 is 10.1 Å². The highest BCUT2D eigenvalue weighted by molar-refractivity contribution is 6.35. The van der Waals surface area contributed by atoms with Gasteiger partial charge in [-0.1, -0.05) is 66.5 Å². The van der Waals surface area contributed by atoms with Crippen molar-refractivity contribution >= 4 is 51.5 Å². The van der Waals surface area contributed by atoms with Gasteiger partial charge in [-0.05, 0) is 80.2 Å². The Balaban J connectivity index is 1.65. The van der Waals surface area contributed by atoms with Crippen LogP contribution in [0.4, 0.5) is 18.9 Å². The van der Waals surface area contributed by atoms with E-state index in [9.17, 15) is 22.8 Å². The predicted molar refractivity (Wildman–Crippen MR) is 153 cm³/mol. The first kappa shape index (κ1) is 30.2. The summed E-state index contributed by atoms with van der Waals surface area (Å²) in [6, 6.07) is 14.9. The molecule has 1 aliphatic rings. The fourth-order valence-corrected chi connectivity index (χ4v) is 5.42. The molecule has 3 aromatic rings. The predicted octanol–water partition coefficient (Wildman–Crippen LogP) is 9.29. The van der Waals surface area contributed by atoms with Crippen LogP contribution in [0.3, 0.4) is 0 Å². The number of ether oxygens (including phenoxy) is 1. The largest absolute Gasteiger partial charge is 0.460 e. The van der Waals surface area contributed by atoms with E-state index in [4.69, 9.17) is 27.9 Å². The number of carbonyl (C=O) groups is 2. The third-order valence-corrected chi connectivity index (χ3v) is 7.84. The normalized spacial score (nSPS) is 16.3. The molecule has 0 aliphatic heterocycles. The minimum atomic E-state index is -4.62. The fourth-order valence-electron chi connectivity index (χ4n) is 5.01. The topological polar surface area (TPSA) is 55.4 Å². The maximum atomic E-state index is 14.0.